The highest BCUT2D eigenvalue weighted by atomic mass is 35.6. The molecule has 0 saturated carbocycles. The highest BCUT2D eigenvalue weighted by Gasteiger charge is 2.83. The van der Waals surface area contributed by atoms with Gasteiger partial charge in [-0.15, -0.1) is 0 Å². The molecular weight excluding hydrogens is 1910 g/mol. The number of ketones is 4. The Labute approximate surface area is 858 Å². The first kappa shape index (κ1) is 101. The van der Waals surface area contributed by atoms with Crippen molar-refractivity contribution in [1.82, 2.24) is 0 Å². The fraction of sp³-hybridized carbons (Fsp3) is 0.158. The molecular formula is C120H100Cl3NO22. The second-order valence-corrected chi connectivity index (χ2v) is 36.7. The second-order valence-electron chi connectivity index (χ2n) is 34.4. The van der Waals surface area contributed by atoms with Gasteiger partial charge in [-0.2, -0.15) is 0 Å². The van der Waals surface area contributed by atoms with Gasteiger partial charge in [0, 0.05) is 22.3 Å². The molecule has 1 saturated heterocycles. The Morgan fingerprint density at radius 3 is 0.630 bits per heavy atom. The summed E-state index contributed by atoms with van der Waals surface area (Å²) in [5, 5.41) is 72.2. The third-order valence-electron chi connectivity index (χ3n) is 24.1. The normalized spacial score (nSPS) is 16.0. The standard InChI is InChI=1S/C120H100Cl3NO22/c121-120(122,123)115(124)146-116-118(131,112(128)95-65-101(137-73-85-45-21-5-22-46-85)109(143-79-91-57-33-11-34-58-91)102(66-95)138-74-86-47-23-6-24-48-86)119(132,113(129)96-67-103(139-75-87-49-25-7-26-50-87)110(144-80-92-59-35-12-36-60-92)104(68-96)140-76-88-51-27-8-28-52-88)117(130,111(127)94-63-99(135-71-83-41-17-3-18-42-83)108(142-78-90-55-31-10-32-56-90)100(64-94)136-72-84-43-19-4-20-44-84)114(145-116)106(126)105(125)93-61-97(133-69-81-37-13-1-14-38-81)107(141-77-89-53-29-9-30-54-89)98(62-93)134-70-82-39-15-2-16-40-82/h1-68,106,114,116,124,126,130-132H,69-80H2/t106?,114-,116-,117-,118+,119+/m1/s1. The van der Waals surface area contributed by atoms with Crippen molar-refractivity contribution in [2.45, 2.75) is 118 Å². The molecule has 16 aromatic carbocycles. The van der Waals surface area contributed by atoms with Crippen molar-refractivity contribution in [3.8, 4) is 69.0 Å². The number of hydrogen-bond donors (Lipinski definition) is 5. The zero-order valence-corrected chi connectivity index (χ0v) is 81.0. The van der Waals surface area contributed by atoms with Crippen LogP contribution in [-0.4, -0.2) is 88.6 Å². The summed E-state index contributed by atoms with van der Waals surface area (Å²) < 4.78 is 91.5. The molecule has 17 rings (SSSR count). The first-order valence-corrected chi connectivity index (χ1v) is 48.0. The molecule has 6 atom stereocenters. The van der Waals surface area contributed by atoms with Gasteiger partial charge in [0.25, 0.3) is 3.79 Å². The van der Waals surface area contributed by atoms with Gasteiger partial charge in [0.05, 0.1) is 0 Å². The van der Waals surface area contributed by atoms with E-state index >= 15 is 34.5 Å². The van der Waals surface area contributed by atoms with E-state index in [1.807, 2.05) is 48.5 Å². The van der Waals surface area contributed by atoms with E-state index in [-0.39, 0.29) is 148 Å². The largest absolute Gasteiger partial charge is 0.485 e. The minimum absolute atomic E-state index is 0.0740. The van der Waals surface area contributed by atoms with Crippen LogP contribution in [0.5, 0.6) is 69.0 Å². The van der Waals surface area contributed by atoms with Crippen LogP contribution in [0.25, 0.3) is 0 Å². The molecule has 1 aliphatic rings. The molecule has 0 radical (unpaired) electrons. The van der Waals surface area contributed by atoms with Crippen molar-refractivity contribution in [3.05, 3.63) is 502 Å². The second kappa shape index (κ2) is 47.9. The SMILES string of the molecule is N=C(O[C@H]1O[C@H](C(O)C(=O)c2cc(OCc3ccccc3)c(OCc3ccccc3)c(OCc3ccccc3)c2)[C@](O)(C(=O)c2cc(OCc3ccccc3)c(OCc3ccccc3)c(OCc3ccccc3)c2)[C@@](O)(C(=O)c2cc(OCc3ccccc3)c(OCc3ccccc3)c(OCc3ccccc3)c2)[C@]1(O)C(=O)c1cc(OCc2ccccc2)c(OCc2ccccc2)c(OCc2ccccc2)c1)C(Cl)(Cl)Cl. The lowest BCUT2D eigenvalue weighted by atomic mass is 9.57. The van der Waals surface area contributed by atoms with Crippen molar-refractivity contribution in [1.29, 1.82) is 5.41 Å². The number of ether oxygens (including phenoxy) is 14. The van der Waals surface area contributed by atoms with Crippen LogP contribution in [0.1, 0.15) is 108 Å². The van der Waals surface area contributed by atoms with E-state index in [4.69, 9.17) is 101 Å². The van der Waals surface area contributed by atoms with Crippen LogP contribution in [0, 0.1) is 5.41 Å². The molecule has 1 unspecified atom stereocenters. The summed E-state index contributed by atoms with van der Waals surface area (Å²) in [7, 11) is 0. The number of aliphatic hydroxyl groups is 4. The fourth-order valence-corrected chi connectivity index (χ4v) is 16.7. The minimum atomic E-state index is -4.96. The van der Waals surface area contributed by atoms with Crippen molar-refractivity contribution < 1.29 is 106 Å². The molecule has 0 bridgehead atoms. The van der Waals surface area contributed by atoms with Crippen LogP contribution in [0.15, 0.2) is 413 Å². The van der Waals surface area contributed by atoms with Crippen LogP contribution in [-0.2, 0) is 88.8 Å². The van der Waals surface area contributed by atoms with Crippen molar-refractivity contribution in [3.63, 3.8) is 0 Å². The zero-order chi connectivity index (χ0) is 101. The number of rotatable bonds is 46. The average molecular weight is 2010 g/mol. The van der Waals surface area contributed by atoms with Gasteiger partial charge in [0.1, 0.15) is 91.5 Å². The van der Waals surface area contributed by atoms with Crippen LogP contribution < -0.4 is 56.8 Å². The van der Waals surface area contributed by atoms with Gasteiger partial charge in [-0.25, -0.2) is 0 Å². The van der Waals surface area contributed by atoms with Crippen LogP contribution in [0.2, 0.25) is 0 Å². The van der Waals surface area contributed by atoms with Crippen molar-refractivity contribution in [2.75, 3.05) is 0 Å². The van der Waals surface area contributed by atoms with Crippen LogP contribution in [0.3, 0.4) is 0 Å². The first-order valence-electron chi connectivity index (χ1n) is 46.9. The predicted molar refractivity (Wildman–Crippen MR) is 551 cm³/mol. The maximum Gasteiger partial charge on any atom is 0.265 e. The summed E-state index contributed by atoms with van der Waals surface area (Å²) in [6.45, 7) is -2.91. The smallest absolute Gasteiger partial charge is 0.265 e. The van der Waals surface area contributed by atoms with Gasteiger partial charge in [0.2, 0.25) is 63.7 Å². The summed E-state index contributed by atoms with van der Waals surface area (Å²) in [5.41, 5.74) is -10.4. The Kier molecular flexibility index (Phi) is 33.3. The number of benzene rings is 16. The molecule has 16 aromatic rings. The van der Waals surface area contributed by atoms with Gasteiger partial charge in [0.15, 0.2) is 57.4 Å². The van der Waals surface area contributed by atoms with Gasteiger partial charge >= 0.3 is 0 Å². The Balaban J connectivity index is 0.965. The highest BCUT2D eigenvalue weighted by Crippen LogP contribution is 2.56. The van der Waals surface area contributed by atoms with E-state index in [1.165, 1.54) is 12.1 Å². The fourth-order valence-electron chi connectivity index (χ4n) is 16.5. The Morgan fingerprint density at radius 1 is 0.267 bits per heavy atom. The first-order chi connectivity index (χ1) is 71.1. The number of nitrogens with one attached hydrogen (secondary N) is 1. The molecule has 0 amide bonds. The summed E-state index contributed by atoms with van der Waals surface area (Å²) in [4.78, 5) is 72.7. The quantitative estimate of drug-likeness (QED) is 0.0102. The van der Waals surface area contributed by atoms with E-state index in [0.29, 0.717) is 66.8 Å². The number of aliphatic hydroxyl groups excluding tert-OH is 1. The Morgan fingerprint density at radius 2 is 0.438 bits per heavy atom. The topological polar surface area (TPSA) is 302 Å². The summed E-state index contributed by atoms with van der Waals surface area (Å²) >= 11 is 20.2. The van der Waals surface area contributed by atoms with Crippen molar-refractivity contribution in [2.24, 2.45) is 0 Å². The molecule has 738 valence electrons. The van der Waals surface area contributed by atoms with E-state index in [0.717, 1.165) is 36.4 Å². The number of carbonyl (C=O) groups excluding carboxylic acids is 4. The maximum atomic E-state index is 18.7. The minimum Gasteiger partial charge on any atom is -0.485 e. The third kappa shape index (κ3) is 24.5. The van der Waals surface area contributed by atoms with Gasteiger partial charge in [-0.05, 0) is 115 Å². The Bertz CT molecular complexity index is 6830. The summed E-state index contributed by atoms with van der Waals surface area (Å²) in [6, 6.07) is 115. The van der Waals surface area contributed by atoms with E-state index in [2.05, 4.69) is 0 Å². The van der Waals surface area contributed by atoms with E-state index in [9.17, 15) is 10.5 Å². The van der Waals surface area contributed by atoms with Crippen LogP contribution >= 0.6 is 34.8 Å². The number of halogens is 3. The lowest BCUT2D eigenvalue weighted by Crippen LogP contribution is -2.88. The van der Waals surface area contributed by atoms with Gasteiger partial charge in [-0.3, -0.25) is 24.6 Å². The molecule has 0 aliphatic carbocycles. The molecule has 1 aliphatic heterocycles. The maximum absolute atomic E-state index is 18.7. The summed E-state index contributed by atoms with van der Waals surface area (Å²) in [5.74, 6) is -12.2. The molecule has 0 aromatic heterocycles. The van der Waals surface area contributed by atoms with E-state index in [1.54, 1.807) is 315 Å². The molecule has 146 heavy (non-hydrogen) atoms. The van der Waals surface area contributed by atoms with Gasteiger partial charge < -0.3 is 86.7 Å². The van der Waals surface area contributed by atoms with E-state index < -0.39 is 90.4 Å². The Hall–Kier alpha value is -16.1. The van der Waals surface area contributed by atoms with Crippen LogP contribution in [0.4, 0.5) is 0 Å². The zero-order valence-electron chi connectivity index (χ0n) is 78.7. The average Bonchev–Trinajstić information content (AvgIpc) is 0.668. The molecule has 1 fully saturated rings. The molecule has 0 spiro atoms. The monoisotopic (exact) mass is 2010 g/mol. The lowest BCUT2D eigenvalue weighted by molar-refractivity contribution is -0.349. The lowest BCUT2D eigenvalue weighted by Gasteiger charge is -2.58. The molecule has 26 heteroatoms. The summed E-state index contributed by atoms with van der Waals surface area (Å²) in [6.07, 6.45) is -10.1. The third-order valence-corrected chi connectivity index (χ3v) is 24.7. The van der Waals surface area contributed by atoms with Gasteiger partial charge in [-0.1, -0.05) is 399 Å². The number of Topliss-reactive ketones (excluding diaryl/α,β-unsaturated/α-hetero) is 4. The number of carbonyl (C=O) groups is 4. The molecule has 5 N–H and O–H groups in total. The highest BCUT2D eigenvalue weighted by molar-refractivity contribution is 6.76. The number of alkyl halides is 3. The molecule has 23 nitrogen and oxygen atoms in total. The van der Waals surface area contributed by atoms with Crippen molar-refractivity contribution >= 4 is 63.8 Å². The predicted octanol–water partition coefficient (Wildman–Crippen LogP) is 23.1. The number of hydrogen-bond acceptors (Lipinski definition) is 23. The molecule has 1 heterocycles.